The van der Waals surface area contributed by atoms with Crippen LogP contribution in [0.4, 0.5) is 18.9 Å². The Morgan fingerprint density at radius 1 is 1.08 bits per heavy atom. The minimum atomic E-state index is -4.76. The second-order valence-corrected chi connectivity index (χ2v) is 5.25. The molecule has 0 radical (unpaired) electrons. The van der Waals surface area contributed by atoms with Gasteiger partial charge in [0.25, 0.3) is 0 Å². The fourth-order valence-corrected chi connectivity index (χ4v) is 2.82. The third-order valence-electron chi connectivity index (χ3n) is 3.87. The molecule has 25 heavy (non-hydrogen) atoms. The van der Waals surface area contributed by atoms with Crippen molar-refractivity contribution in [2.75, 3.05) is 12.4 Å². The van der Waals surface area contributed by atoms with E-state index in [0.29, 0.717) is 33.0 Å². The van der Waals surface area contributed by atoms with Crippen molar-refractivity contribution in [1.82, 2.24) is 9.78 Å². The molecule has 0 unspecified atom stereocenters. The molecule has 0 atom stereocenters. The first kappa shape index (κ1) is 16.7. The number of hydrogen-bond acceptors (Lipinski definition) is 4. The number of benzene rings is 2. The molecule has 0 amide bonds. The molecule has 3 rings (SSSR count). The number of anilines is 1. The summed E-state index contributed by atoms with van der Waals surface area (Å²) in [5.74, 6) is 0. The van der Waals surface area contributed by atoms with Crippen LogP contribution in [0, 0.1) is 0 Å². The first-order valence-electron chi connectivity index (χ1n) is 7.21. The number of halogens is 3. The van der Waals surface area contributed by atoms with Gasteiger partial charge in [-0.2, -0.15) is 18.3 Å². The van der Waals surface area contributed by atoms with E-state index in [1.165, 1.54) is 6.07 Å². The maximum atomic E-state index is 13.4. The van der Waals surface area contributed by atoms with E-state index in [1.54, 1.807) is 31.3 Å². The highest BCUT2D eigenvalue weighted by molar-refractivity contribution is 6.08. The van der Waals surface area contributed by atoms with Crippen molar-refractivity contribution in [1.29, 1.82) is 0 Å². The molecule has 0 spiro atoms. The lowest BCUT2D eigenvalue weighted by Crippen LogP contribution is -2.15. The van der Waals surface area contributed by atoms with Crippen LogP contribution in [-0.2, 0) is 6.18 Å². The number of nitrogens with zero attached hydrogens (tertiary/aromatic N) is 2. The maximum Gasteiger partial charge on any atom is 0.434 e. The number of aromatic nitrogens is 2. The second kappa shape index (κ2) is 6.04. The predicted octanol–water partition coefficient (Wildman–Crippen LogP) is 3.71. The zero-order chi connectivity index (χ0) is 18.2. The Morgan fingerprint density at radius 2 is 1.80 bits per heavy atom. The molecule has 2 aromatic carbocycles. The molecule has 0 aliphatic heterocycles. The van der Waals surface area contributed by atoms with E-state index in [4.69, 9.17) is 0 Å². The van der Waals surface area contributed by atoms with Crippen LogP contribution < -0.4 is 5.32 Å². The number of nitrogens with one attached hydrogen (secondary N) is 1. The summed E-state index contributed by atoms with van der Waals surface area (Å²) in [4.78, 5) is 22.3. The van der Waals surface area contributed by atoms with Crippen LogP contribution in [0.15, 0.2) is 36.5 Å². The van der Waals surface area contributed by atoms with E-state index < -0.39 is 17.4 Å². The molecular weight excluding hydrogens is 335 g/mol. The van der Waals surface area contributed by atoms with Gasteiger partial charge in [0.2, 0.25) is 0 Å². The number of rotatable bonds is 4. The molecule has 128 valence electrons. The molecule has 1 heterocycles. The maximum absolute atomic E-state index is 13.4. The highest BCUT2D eigenvalue weighted by atomic mass is 19.4. The molecular formula is C17H12F3N3O2. The zero-order valence-electron chi connectivity index (χ0n) is 13.0. The highest BCUT2D eigenvalue weighted by Crippen LogP contribution is 2.36. The van der Waals surface area contributed by atoms with Crippen molar-refractivity contribution in [2.45, 2.75) is 6.18 Å². The molecule has 5 nitrogen and oxygen atoms in total. The van der Waals surface area contributed by atoms with E-state index in [0.717, 1.165) is 6.20 Å². The summed E-state index contributed by atoms with van der Waals surface area (Å²) < 4.78 is 40.9. The molecule has 8 heteroatoms. The van der Waals surface area contributed by atoms with E-state index in [1.807, 2.05) is 0 Å². The number of carbonyl (C=O) groups excluding carboxylic acids is 2. The van der Waals surface area contributed by atoms with Gasteiger partial charge in [-0.25, -0.2) is 4.68 Å². The van der Waals surface area contributed by atoms with Gasteiger partial charge in [0.1, 0.15) is 0 Å². The summed E-state index contributed by atoms with van der Waals surface area (Å²) in [6.45, 7) is 0. The van der Waals surface area contributed by atoms with Crippen LogP contribution in [0.25, 0.3) is 16.5 Å². The van der Waals surface area contributed by atoms with E-state index in [9.17, 15) is 22.8 Å². The van der Waals surface area contributed by atoms with Gasteiger partial charge in [-0.05, 0) is 12.1 Å². The van der Waals surface area contributed by atoms with Gasteiger partial charge in [-0.15, -0.1) is 0 Å². The Kier molecular flexibility index (Phi) is 4.03. The molecule has 0 bridgehead atoms. The molecule has 3 aromatic rings. The summed E-state index contributed by atoms with van der Waals surface area (Å²) in [5.41, 5.74) is -0.654. The third kappa shape index (κ3) is 2.65. The van der Waals surface area contributed by atoms with Gasteiger partial charge in [-0.3, -0.25) is 9.59 Å². The van der Waals surface area contributed by atoms with E-state index in [2.05, 4.69) is 10.4 Å². The minimum Gasteiger partial charge on any atom is -0.388 e. The topological polar surface area (TPSA) is 64.0 Å². The lowest BCUT2D eigenvalue weighted by Gasteiger charge is -2.16. The zero-order valence-corrected chi connectivity index (χ0v) is 13.0. The summed E-state index contributed by atoms with van der Waals surface area (Å²) in [7, 11) is 1.65. The number of hydrogen-bond donors (Lipinski definition) is 1. The Balaban J connectivity index is 2.41. The quantitative estimate of drug-likeness (QED) is 0.731. The smallest absolute Gasteiger partial charge is 0.388 e. The van der Waals surface area contributed by atoms with Gasteiger partial charge < -0.3 is 5.32 Å². The largest absolute Gasteiger partial charge is 0.434 e. The Hall–Kier alpha value is -3.16. The van der Waals surface area contributed by atoms with E-state index in [-0.39, 0.29) is 12.0 Å². The lowest BCUT2D eigenvalue weighted by molar-refractivity contribution is -0.143. The summed E-state index contributed by atoms with van der Waals surface area (Å²) >= 11 is 0. The molecule has 0 aliphatic carbocycles. The Bertz CT molecular complexity index is 977. The number of fused-ring (bicyclic) bond motifs is 1. The first-order valence-corrected chi connectivity index (χ1v) is 7.21. The fourth-order valence-electron chi connectivity index (χ4n) is 2.82. The molecule has 0 aliphatic rings. The van der Waals surface area contributed by atoms with Crippen LogP contribution in [0.5, 0.6) is 0 Å². The van der Waals surface area contributed by atoms with Crippen molar-refractivity contribution in [3.05, 3.63) is 53.3 Å². The standard InChI is InChI=1S/C17H12F3N3O2/c1-21-13-5-6-14(12-4-2-3-10(8-24)15(12)13)23-16(17(18,19)20)11(9-25)7-22-23/h2-9,21H,1H3. The highest BCUT2D eigenvalue weighted by Gasteiger charge is 2.39. The first-order chi connectivity index (χ1) is 11.9. The SMILES string of the molecule is CNc1ccc(-n2ncc(C=O)c2C(F)(F)F)c2cccc(C=O)c12. The molecule has 0 saturated carbocycles. The van der Waals surface area contributed by atoms with Gasteiger partial charge in [0, 0.05) is 29.1 Å². The number of alkyl halides is 3. The molecule has 0 fully saturated rings. The second-order valence-electron chi connectivity index (χ2n) is 5.25. The van der Waals surface area contributed by atoms with Crippen molar-refractivity contribution in [3.8, 4) is 5.69 Å². The third-order valence-corrected chi connectivity index (χ3v) is 3.87. The Labute approximate surface area is 140 Å². The number of carbonyl (C=O) groups is 2. The van der Waals surface area contributed by atoms with Gasteiger partial charge >= 0.3 is 6.18 Å². The van der Waals surface area contributed by atoms with Crippen molar-refractivity contribution in [3.63, 3.8) is 0 Å². The normalized spacial score (nSPS) is 11.5. The average molecular weight is 347 g/mol. The van der Waals surface area contributed by atoms with Crippen LogP contribution in [0.2, 0.25) is 0 Å². The summed E-state index contributed by atoms with van der Waals surface area (Å²) in [6, 6.07) is 7.77. The Morgan fingerprint density at radius 3 is 2.40 bits per heavy atom. The minimum absolute atomic E-state index is 0.118. The van der Waals surface area contributed by atoms with Crippen molar-refractivity contribution < 1.29 is 22.8 Å². The van der Waals surface area contributed by atoms with Gasteiger partial charge in [0.05, 0.1) is 17.4 Å². The van der Waals surface area contributed by atoms with Crippen LogP contribution >= 0.6 is 0 Å². The van der Waals surface area contributed by atoms with Crippen LogP contribution in [0.1, 0.15) is 26.4 Å². The van der Waals surface area contributed by atoms with Crippen molar-refractivity contribution in [2.24, 2.45) is 0 Å². The van der Waals surface area contributed by atoms with Gasteiger partial charge in [-0.1, -0.05) is 18.2 Å². The molecule has 1 aromatic heterocycles. The summed E-state index contributed by atoms with van der Waals surface area (Å²) in [5, 5.41) is 7.54. The van der Waals surface area contributed by atoms with Gasteiger partial charge in [0.15, 0.2) is 18.3 Å². The predicted molar refractivity (Wildman–Crippen MR) is 86.4 cm³/mol. The molecule has 1 N–H and O–H groups in total. The van der Waals surface area contributed by atoms with Crippen LogP contribution in [0.3, 0.4) is 0 Å². The lowest BCUT2D eigenvalue weighted by atomic mass is 10.0. The van der Waals surface area contributed by atoms with Crippen molar-refractivity contribution >= 4 is 29.0 Å². The summed E-state index contributed by atoms with van der Waals surface area (Å²) in [6.07, 6.45) is -3.13. The number of aldehydes is 2. The molecule has 0 saturated heterocycles. The monoisotopic (exact) mass is 347 g/mol. The fraction of sp³-hybridized carbons (Fsp3) is 0.118. The average Bonchev–Trinajstić information content (AvgIpc) is 3.04. The van der Waals surface area contributed by atoms with Crippen LogP contribution in [-0.4, -0.2) is 29.4 Å². The van der Waals surface area contributed by atoms with E-state index >= 15 is 0 Å².